The molecule has 2 aromatic carbocycles. The van der Waals surface area contributed by atoms with Gasteiger partial charge in [0.2, 0.25) is 0 Å². The number of nitrogens with zero attached hydrogens (tertiary/aromatic N) is 2. The van der Waals surface area contributed by atoms with Crippen molar-refractivity contribution in [3.05, 3.63) is 89.5 Å². The lowest BCUT2D eigenvalue weighted by Crippen LogP contribution is -2.17. The SMILES string of the molecule is Cc1noc(-c2ccc(-c3ccc(CC(=O)O)cc3)nc2)c1NC(=O)OC(C)c1ccccc1F. The topological polar surface area (TPSA) is 115 Å². The van der Waals surface area contributed by atoms with Gasteiger partial charge >= 0.3 is 12.1 Å². The Bertz CT molecular complexity index is 1350. The Morgan fingerprint density at radius 1 is 1.09 bits per heavy atom. The first-order chi connectivity index (χ1) is 16.8. The van der Waals surface area contributed by atoms with Gasteiger partial charge in [0.05, 0.1) is 12.1 Å². The van der Waals surface area contributed by atoms with E-state index in [-0.39, 0.29) is 12.0 Å². The number of anilines is 1. The third-order valence-corrected chi connectivity index (χ3v) is 5.35. The van der Waals surface area contributed by atoms with Crippen molar-refractivity contribution in [2.24, 2.45) is 0 Å². The van der Waals surface area contributed by atoms with Gasteiger partial charge in [0.25, 0.3) is 0 Å². The maximum atomic E-state index is 14.0. The molecule has 4 aromatic rings. The fourth-order valence-electron chi connectivity index (χ4n) is 3.54. The zero-order chi connectivity index (χ0) is 24.9. The highest BCUT2D eigenvalue weighted by atomic mass is 19.1. The molecule has 0 spiro atoms. The lowest BCUT2D eigenvalue weighted by Gasteiger charge is -2.15. The largest absolute Gasteiger partial charge is 0.481 e. The zero-order valence-corrected chi connectivity index (χ0v) is 19.0. The van der Waals surface area contributed by atoms with Crippen molar-refractivity contribution in [1.82, 2.24) is 10.1 Å². The number of carbonyl (C=O) groups is 2. The second kappa shape index (κ2) is 10.2. The van der Waals surface area contributed by atoms with Gasteiger partial charge in [-0.1, -0.05) is 47.6 Å². The first-order valence-electron chi connectivity index (χ1n) is 10.8. The van der Waals surface area contributed by atoms with Crippen LogP contribution in [0.5, 0.6) is 0 Å². The van der Waals surface area contributed by atoms with Crippen LogP contribution in [0.4, 0.5) is 14.9 Å². The summed E-state index contributed by atoms with van der Waals surface area (Å²) in [6.07, 6.45) is -0.0461. The molecule has 0 bridgehead atoms. The number of aliphatic carboxylic acids is 1. The van der Waals surface area contributed by atoms with E-state index in [9.17, 15) is 14.0 Å². The van der Waals surface area contributed by atoms with E-state index >= 15 is 0 Å². The van der Waals surface area contributed by atoms with E-state index in [1.807, 2.05) is 0 Å². The average Bonchev–Trinajstić information content (AvgIpc) is 3.19. The van der Waals surface area contributed by atoms with E-state index in [0.29, 0.717) is 34.0 Å². The summed E-state index contributed by atoms with van der Waals surface area (Å²) < 4.78 is 24.7. The molecule has 1 unspecified atom stereocenters. The van der Waals surface area contributed by atoms with Crippen LogP contribution in [0.1, 0.15) is 29.8 Å². The van der Waals surface area contributed by atoms with Gasteiger partial charge in [-0.05, 0) is 37.6 Å². The van der Waals surface area contributed by atoms with Crippen molar-refractivity contribution in [3.8, 4) is 22.6 Å². The first-order valence-corrected chi connectivity index (χ1v) is 10.8. The number of benzene rings is 2. The summed E-state index contributed by atoms with van der Waals surface area (Å²) in [5.41, 5.74) is 3.80. The summed E-state index contributed by atoms with van der Waals surface area (Å²) in [6, 6.07) is 16.7. The third-order valence-electron chi connectivity index (χ3n) is 5.35. The molecule has 1 atom stereocenters. The molecular weight excluding hydrogens is 453 g/mol. The number of aryl methyl sites for hydroxylation is 1. The van der Waals surface area contributed by atoms with E-state index in [4.69, 9.17) is 14.4 Å². The molecule has 9 heteroatoms. The highest BCUT2D eigenvalue weighted by molar-refractivity contribution is 5.90. The molecule has 8 nitrogen and oxygen atoms in total. The van der Waals surface area contributed by atoms with Gasteiger partial charge in [-0.3, -0.25) is 15.1 Å². The molecule has 178 valence electrons. The van der Waals surface area contributed by atoms with Crippen LogP contribution >= 0.6 is 0 Å². The average molecular weight is 475 g/mol. The lowest BCUT2D eigenvalue weighted by molar-refractivity contribution is -0.136. The number of hydrogen-bond acceptors (Lipinski definition) is 6. The highest BCUT2D eigenvalue weighted by Crippen LogP contribution is 2.32. The van der Waals surface area contributed by atoms with Crippen molar-refractivity contribution >= 4 is 17.7 Å². The van der Waals surface area contributed by atoms with Crippen LogP contribution in [0.15, 0.2) is 71.4 Å². The van der Waals surface area contributed by atoms with E-state index in [0.717, 1.165) is 5.56 Å². The van der Waals surface area contributed by atoms with E-state index in [2.05, 4.69) is 15.5 Å². The number of hydrogen-bond donors (Lipinski definition) is 2. The molecule has 2 aromatic heterocycles. The van der Waals surface area contributed by atoms with Crippen LogP contribution < -0.4 is 5.32 Å². The van der Waals surface area contributed by atoms with Gasteiger partial charge in [-0.15, -0.1) is 0 Å². The van der Waals surface area contributed by atoms with Crippen LogP contribution in [-0.4, -0.2) is 27.3 Å². The second-order valence-electron chi connectivity index (χ2n) is 7.87. The number of carboxylic acids is 1. The predicted octanol–water partition coefficient (Wildman–Crippen LogP) is 5.79. The summed E-state index contributed by atoms with van der Waals surface area (Å²) >= 11 is 0. The van der Waals surface area contributed by atoms with E-state index in [1.165, 1.54) is 6.07 Å². The fourth-order valence-corrected chi connectivity index (χ4v) is 3.54. The van der Waals surface area contributed by atoms with Crippen LogP contribution in [-0.2, 0) is 16.0 Å². The summed E-state index contributed by atoms with van der Waals surface area (Å²) in [7, 11) is 0. The molecule has 0 aliphatic carbocycles. The van der Waals surface area contributed by atoms with Gasteiger partial charge in [-0.2, -0.15) is 0 Å². The second-order valence-corrected chi connectivity index (χ2v) is 7.87. The lowest BCUT2D eigenvalue weighted by atomic mass is 10.1. The molecule has 1 amide bonds. The Kier molecular flexibility index (Phi) is 6.86. The van der Waals surface area contributed by atoms with Gasteiger partial charge in [0, 0.05) is 22.9 Å². The van der Waals surface area contributed by atoms with Crippen molar-refractivity contribution < 1.29 is 28.3 Å². The molecular formula is C26H22FN3O5. The molecule has 0 aliphatic heterocycles. The molecule has 0 saturated heterocycles. The quantitative estimate of drug-likeness (QED) is 0.348. The van der Waals surface area contributed by atoms with E-state index in [1.54, 1.807) is 74.6 Å². The predicted molar refractivity (Wildman–Crippen MR) is 126 cm³/mol. The zero-order valence-electron chi connectivity index (χ0n) is 19.0. The maximum absolute atomic E-state index is 14.0. The van der Waals surface area contributed by atoms with Crippen molar-refractivity contribution in [2.45, 2.75) is 26.4 Å². The van der Waals surface area contributed by atoms with Gasteiger partial charge in [0.15, 0.2) is 5.76 Å². The van der Waals surface area contributed by atoms with Crippen LogP contribution in [0, 0.1) is 12.7 Å². The van der Waals surface area contributed by atoms with Crippen molar-refractivity contribution in [3.63, 3.8) is 0 Å². The summed E-state index contributed by atoms with van der Waals surface area (Å²) in [4.78, 5) is 27.8. The molecule has 4 rings (SSSR count). The summed E-state index contributed by atoms with van der Waals surface area (Å²) in [6.45, 7) is 3.25. The van der Waals surface area contributed by atoms with Gasteiger partial charge in [-0.25, -0.2) is 9.18 Å². The summed E-state index contributed by atoms with van der Waals surface area (Å²) in [5, 5.41) is 15.5. The van der Waals surface area contributed by atoms with Crippen LogP contribution in [0.3, 0.4) is 0 Å². The van der Waals surface area contributed by atoms with E-state index < -0.39 is 24.0 Å². The molecule has 0 aliphatic rings. The number of halogens is 1. The number of nitrogens with one attached hydrogen (secondary N) is 1. The Hall–Kier alpha value is -4.53. The Labute approximate surface area is 200 Å². The number of amides is 1. The molecule has 0 radical (unpaired) electrons. The normalized spacial score (nSPS) is 11.6. The minimum Gasteiger partial charge on any atom is -0.481 e. The number of carbonyl (C=O) groups excluding carboxylic acids is 1. The number of rotatable bonds is 7. The molecule has 0 fully saturated rings. The van der Waals surface area contributed by atoms with Crippen LogP contribution in [0.2, 0.25) is 0 Å². The molecule has 2 heterocycles. The van der Waals surface area contributed by atoms with Gasteiger partial charge in [0.1, 0.15) is 23.3 Å². The van der Waals surface area contributed by atoms with Crippen LogP contribution in [0.25, 0.3) is 22.6 Å². The monoisotopic (exact) mass is 475 g/mol. The van der Waals surface area contributed by atoms with Crippen molar-refractivity contribution in [2.75, 3.05) is 5.32 Å². The van der Waals surface area contributed by atoms with Gasteiger partial charge < -0.3 is 14.4 Å². The Morgan fingerprint density at radius 3 is 2.46 bits per heavy atom. The first kappa shape index (κ1) is 23.6. The standard InChI is InChI=1S/C26H22FN3O5/c1-15-24(29-26(33)34-16(2)20-5-3-4-6-21(20)27)25(35-30-15)19-11-12-22(28-14-19)18-9-7-17(8-10-18)13-23(31)32/h3-12,14,16H,13H2,1-2H3,(H,29,33)(H,31,32). The number of aromatic nitrogens is 2. The number of carboxylic acid groups (broad SMARTS) is 1. The Balaban J connectivity index is 1.48. The maximum Gasteiger partial charge on any atom is 0.412 e. The van der Waals surface area contributed by atoms with Crippen molar-refractivity contribution in [1.29, 1.82) is 0 Å². The minimum atomic E-state index is -0.891. The summed E-state index contributed by atoms with van der Waals surface area (Å²) in [5.74, 6) is -1.05. The third kappa shape index (κ3) is 5.52. The molecule has 0 saturated carbocycles. The highest BCUT2D eigenvalue weighted by Gasteiger charge is 2.21. The number of pyridine rings is 1. The Morgan fingerprint density at radius 2 is 1.80 bits per heavy atom. The molecule has 2 N–H and O–H groups in total. The molecule has 35 heavy (non-hydrogen) atoms. The minimum absolute atomic E-state index is 0.0469. The smallest absolute Gasteiger partial charge is 0.412 e. The fraction of sp³-hybridized carbons (Fsp3) is 0.154. The number of ether oxygens (including phenoxy) is 1.